The van der Waals surface area contributed by atoms with E-state index in [1.54, 1.807) is 21.0 Å². The van der Waals surface area contributed by atoms with E-state index in [9.17, 15) is 24.0 Å². The summed E-state index contributed by atoms with van der Waals surface area (Å²) in [5, 5.41) is 1.93. The zero-order valence-electron chi connectivity index (χ0n) is 34.6. The molecule has 0 aliphatic rings. The molecule has 1 unspecified atom stereocenters. The summed E-state index contributed by atoms with van der Waals surface area (Å²) in [5.74, 6) is -0.932. The molecule has 312 valence electrons. The van der Waals surface area contributed by atoms with Gasteiger partial charge in [-0.3, -0.25) is 19.2 Å². The van der Waals surface area contributed by atoms with Crippen LogP contribution >= 0.6 is 0 Å². The van der Waals surface area contributed by atoms with Crippen LogP contribution in [0.5, 0.6) is 5.75 Å². The van der Waals surface area contributed by atoms with Gasteiger partial charge < -0.3 is 28.4 Å². The van der Waals surface area contributed by atoms with Crippen molar-refractivity contribution in [3.8, 4) is 5.75 Å². The van der Waals surface area contributed by atoms with Crippen molar-refractivity contribution in [2.75, 3.05) is 33.7 Å². The van der Waals surface area contributed by atoms with Gasteiger partial charge in [-0.25, -0.2) is 9.69 Å². The van der Waals surface area contributed by atoms with Crippen molar-refractivity contribution in [3.63, 3.8) is 0 Å². The highest BCUT2D eigenvalue weighted by Gasteiger charge is 2.33. The molecule has 1 atom stereocenters. The van der Waals surface area contributed by atoms with Crippen LogP contribution in [0.25, 0.3) is 10.8 Å². The first-order chi connectivity index (χ1) is 26.8. The normalized spacial score (nSPS) is 11.7. The van der Waals surface area contributed by atoms with Gasteiger partial charge >= 0.3 is 24.0 Å². The second-order valence-electron chi connectivity index (χ2n) is 14.7. The molecule has 0 heterocycles. The van der Waals surface area contributed by atoms with Crippen LogP contribution in [0.2, 0.25) is 0 Å². The number of unbranched alkanes of at least 4 members (excludes halogenated alkanes) is 8. The summed E-state index contributed by atoms with van der Waals surface area (Å²) in [6.07, 6.45) is 9.87. The number of hydrogen-bond donors (Lipinski definition) is 0. The minimum Gasteiger partial charge on any atom is -0.497 e. The van der Waals surface area contributed by atoms with Crippen molar-refractivity contribution in [3.05, 3.63) is 54.3 Å². The first kappa shape index (κ1) is 47.5. The van der Waals surface area contributed by atoms with Crippen LogP contribution in [-0.4, -0.2) is 74.6 Å². The molecule has 0 aliphatic carbocycles. The molecule has 0 aliphatic heterocycles. The molecule has 12 nitrogen and oxygen atoms in total. The molecule has 0 fully saturated rings. The third kappa shape index (κ3) is 18.3. The van der Waals surface area contributed by atoms with Gasteiger partial charge in [-0.2, -0.15) is 0 Å². The number of carbonyl (C=O) groups is 5. The maximum absolute atomic E-state index is 13.3. The summed E-state index contributed by atoms with van der Waals surface area (Å²) >= 11 is 0. The lowest BCUT2D eigenvalue weighted by Gasteiger charge is -2.26. The molecule has 0 saturated heterocycles. The molecular weight excluding hydrogens is 718 g/mol. The molecule has 0 spiro atoms. The van der Waals surface area contributed by atoms with Crippen LogP contribution in [0.3, 0.4) is 0 Å². The molecule has 0 saturated carbocycles. The first-order valence-corrected chi connectivity index (χ1v) is 20.1. The van der Waals surface area contributed by atoms with Crippen LogP contribution in [-0.2, 0) is 49.3 Å². The highest BCUT2D eigenvalue weighted by atomic mass is 16.7. The molecule has 0 radical (unpaired) electrons. The first-order valence-electron chi connectivity index (χ1n) is 20.1. The number of imide groups is 1. The molecule has 2 aromatic rings. The molecule has 56 heavy (non-hydrogen) atoms. The lowest BCUT2D eigenvalue weighted by molar-refractivity contribution is -0.170. The number of rotatable bonds is 28. The third-order valence-electron chi connectivity index (χ3n) is 9.51. The van der Waals surface area contributed by atoms with Crippen LogP contribution < -0.4 is 4.74 Å². The highest BCUT2D eigenvalue weighted by Crippen LogP contribution is 2.27. The van der Waals surface area contributed by atoms with Crippen LogP contribution in [0.1, 0.15) is 130 Å². The van der Waals surface area contributed by atoms with Gasteiger partial charge in [0.25, 0.3) is 0 Å². The van der Waals surface area contributed by atoms with E-state index in [0.717, 1.165) is 79.0 Å². The van der Waals surface area contributed by atoms with Crippen molar-refractivity contribution < 1.29 is 52.4 Å². The topological polar surface area (TPSA) is 144 Å². The van der Waals surface area contributed by atoms with Crippen LogP contribution in [0, 0.1) is 5.41 Å². The predicted octanol–water partition coefficient (Wildman–Crippen LogP) is 9.39. The minimum absolute atomic E-state index is 0.0270. The van der Waals surface area contributed by atoms with Gasteiger partial charge in [0.05, 0.1) is 18.3 Å². The summed E-state index contributed by atoms with van der Waals surface area (Å²) < 4.78 is 32.6. The Balaban J connectivity index is 1.87. The number of nitrogens with zero attached hydrogens (tertiary/aromatic N) is 1. The Morgan fingerprint density at radius 2 is 1.41 bits per heavy atom. The average Bonchev–Trinajstić information content (AvgIpc) is 3.17. The van der Waals surface area contributed by atoms with E-state index in [-0.39, 0.29) is 45.0 Å². The van der Waals surface area contributed by atoms with E-state index < -0.39 is 42.3 Å². The number of carbonyl (C=O) groups excluding carboxylic acids is 5. The second-order valence-corrected chi connectivity index (χ2v) is 14.7. The van der Waals surface area contributed by atoms with Gasteiger partial charge in [0.1, 0.15) is 19.0 Å². The van der Waals surface area contributed by atoms with Crippen molar-refractivity contribution in [2.24, 2.45) is 5.41 Å². The Morgan fingerprint density at radius 1 is 0.768 bits per heavy atom. The van der Waals surface area contributed by atoms with Gasteiger partial charge in [-0.1, -0.05) is 96.1 Å². The Bertz CT molecular complexity index is 1520. The third-order valence-corrected chi connectivity index (χ3v) is 9.51. The number of esters is 3. The minimum atomic E-state index is -1.12. The van der Waals surface area contributed by atoms with Crippen LogP contribution in [0.15, 0.2) is 48.7 Å². The van der Waals surface area contributed by atoms with Crippen molar-refractivity contribution in [1.82, 2.24) is 4.90 Å². The monoisotopic (exact) mass is 783 g/mol. The Morgan fingerprint density at radius 3 is 2.07 bits per heavy atom. The number of ether oxygens (including phenoxy) is 6. The fourth-order valence-electron chi connectivity index (χ4n) is 5.85. The number of benzene rings is 2. The average molecular weight is 784 g/mol. The lowest BCUT2D eigenvalue weighted by atomic mass is 9.88. The van der Waals surface area contributed by atoms with Gasteiger partial charge in [0.2, 0.25) is 12.7 Å². The fourth-order valence-corrected chi connectivity index (χ4v) is 5.85. The Labute approximate surface area is 333 Å². The van der Waals surface area contributed by atoms with Crippen molar-refractivity contribution in [1.29, 1.82) is 0 Å². The zero-order valence-corrected chi connectivity index (χ0v) is 34.6. The van der Waals surface area contributed by atoms with E-state index >= 15 is 0 Å². The summed E-state index contributed by atoms with van der Waals surface area (Å²) in [6, 6.07) is 11.5. The SMILES string of the molecule is C=C(CCCCCCC)OCC(COC(=O)CCCCCCC)OC(=O)C(C)(C)CCC(=O)OCOC(=O)N(CCc1cccc2ccc(OC)cc12)C(C)=O. The number of methoxy groups -OCH3 is 1. The molecule has 0 N–H and O–H groups in total. The predicted molar refractivity (Wildman–Crippen MR) is 215 cm³/mol. The van der Waals surface area contributed by atoms with Gasteiger partial charge in [-0.15, -0.1) is 0 Å². The molecule has 12 heteroatoms. The van der Waals surface area contributed by atoms with Gasteiger partial charge in [-0.05, 0) is 68.0 Å². The standard InChI is InChI=1S/C44H65NO11/c1-8-10-12-14-16-19-33(3)52-30-38(31-53-40(47)22-17-15-13-11-9-2)56-42(49)44(5,6)27-25-41(48)54-32-55-43(50)45(34(4)46)28-26-36-21-18-20-35-23-24-37(51-7)29-39(35)36/h18,20-21,23-24,29,38H,3,8-17,19,22,25-28,30-32H2,1-2,4-7H3. The lowest BCUT2D eigenvalue weighted by Crippen LogP contribution is -2.38. The molecule has 2 rings (SSSR count). The van der Waals surface area contributed by atoms with Crippen molar-refractivity contribution >= 4 is 40.7 Å². The smallest absolute Gasteiger partial charge is 0.419 e. The fraction of sp³-hybridized carbons (Fsp3) is 0.614. The van der Waals surface area contributed by atoms with Crippen molar-refractivity contribution in [2.45, 2.75) is 137 Å². The maximum Gasteiger partial charge on any atom is 0.419 e. The zero-order chi connectivity index (χ0) is 41.3. The summed E-state index contributed by atoms with van der Waals surface area (Å²) in [6.45, 7) is 12.0. The van der Waals surface area contributed by atoms with Gasteiger partial charge in [0.15, 0.2) is 6.10 Å². The van der Waals surface area contributed by atoms with Crippen LogP contribution in [0.4, 0.5) is 4.79 Å². The van der Waals surface area contributed by atoms with E-state index in [2.05, 4.69) is 20.4 Å². The molecule has 0 bridgehead atoms. The largest absolute Gasteiger partial charge is 0.497 e. The summed E-state index contributed by atoms with van der Waals surface area (Å²) in [5.41, 5.74) is -0.204. The number of hydrogen-bond acceptors (Lipinski definition) is 11. The molecule has 2 amide bonds. The number of amides is 2. The van der Waals surface area contributed by atoms with E-state index in [1.165, 1.54) is 13.3 Å². The molecule has 2 aromatic carbocycles. The summed E-state index contributed by atoms with van der Waals surface area (Å²) in [4.78, 5) is 64.4. The number of allylic oxidation sites excluding steroid dienone is 1. The molecule has 0 aromatic heterocycles. The second kappa shape index (κ2) is 26.3. The van der Waals surface area contributed by atoms with E-state index in [1.807, 2.05) is 36.4 Å². The maximum atomic E-state index is 13.3. The number of fused-ring (bicyclic) bond motifs is 1. The van der Waals surface area contributed by atoms with E-state index in [4.69, 9.17) is 28.4 Å². The summed E-state index contributed by atoms with van der Waals surface area (Å²) in [7, 11) is 1.58. The highest BCUT2D eigenvalue weighted by molar-refractivity contribution is 5.91. The Kier molecular flexibility index (Phi) is 22.3. The van der Waals surface area contributed by atoms with Gasteiger partial charge in [0, 0.05) is 32.7 Å². The Hall–Kier alpha value is -4.61. The van der Waals surface area contributed by atoms with E-state index in [0.29, 0.717) is 24.4 Å². The molecular formula is C44H65NO11. The quantitative estimate of drug-likeness (QED) is 0.0268.